The first kappa shape index (κ1) is 13.5. The van der Waals surface area contributed by atoms with Gasteiger partial charge in [0.1, 0.15) is 0 Å². The molecule has 1 aromatic carbocycles. The van der Waals surface area contributed by atoms with Gasteiger partial charge in [-0.1, -0.05) is 5.92 Å². The van der Waals surface area contributed by atoms with Gasteiger partial charge >= 0.3 is 5.97 Å². The first-order chi connectivity index (χ1) is 8.47. The van der Waals surface area contributed by atoms with Gasteiger partial charge < -0.3 is 10.4 Å². The number of nitro benzene ring substituents is 1. The molecule has 94 valence electrons. The van der Waals surface area contributed by atoms with E-state index in [4.69, 9.17) is 5.11 Å². The molecule has 1 rings (SSSR count). The van der Waals surface area contributed by atoms with Gasteiger partial charge in [0.15, 0.2) is 0 Å². The molecule has 0 saturated carbocycles. The van der Waals surface area contributed by atoms with Crippen molar-refractivity contribution in [1.29, 1.82) is 0 Å². The molecule has 0 saturated heterocycles. The van der Waals surface area contributed by atoms with E-state index in [0.717, 1.165) is 6.07 Å². The van der Waals surface area contributed by atoms with Crippen molar-refractivity contribution in [1.82, 2.24) is 0 Å². The van der Waals surface area contributed by atoms with E-state index in [9.17, 15) is 14.9 Å². The number of carbonyl (C=O) groups is 1. The van der Waals surface area contributed by atoms with Gasteiger partial charge in [0.25, 0.3) is 5.69 Å². The Kier molecular flexibility index (Phi) is 4.27. The van der Waals surface area contributed by atoms with Gasteiger partial charge in [0, 0.05) is 17.3 Å². The number of hydrogen-bond acceptors (Lipinski definition) is 4. The van der Waals surface area contributed by atoms with Crippen molar-refractivity contribution in [2.45, 2.75) is 13.8 Å². The van der Waals surface area contributed by atoms with Crippen molar-refractivity contribution < 1.29 is 14.8 Å². The van der Waals surface area contributed by atoms with Crippen LogP contribution in [0.5, 0.6) is 0 Å². The Bertz CT molecular complexity index is 555. The molecule has 18 heavy (non-hydrogen) atoms. The van der Waals surface area contributed by atoms with Crippen LogP contribution in [-0.2, 0) is 0 Å². The lowest BCUT2D eigenvalue weighted by molar-refractivity contribution is -0.385. The zero-order valence-electron chi connectivity index (χ0n) is 9.98. The number of benzene rings is 1. The SMILES string of the molecule is CC#CCNc1cc(C(=O)O)cc([N+](=O)[O-])c1C. The molecule has 0 aromatic heterocycles. The van der Waals surface area contributed by atoms with Crippen molar-refractivity contribution in [3.8, 4) is 11.8 Å². The van der Waals surface area contributed by atoms with E-state index in [0.29, 0.717) is 17.8 Å². The summed E-state index contributed by atoms with van der Waals surface area (Å²) in [6, 6.07) is 2.41. The van der Waals surface area contributed by atoms with Gasteiger partial charge in [0.2, 0.25) is 0 Å². The maximum Gasteiger partial charge on any atom is 0.336 e. The highest BCUT2D eigenvalue weighted by atomic mass is 16.6. The number of nitrogens with zero attached hydrogens (tertiary/aromatic N) is 1. The number of carboxylic acids is 1. The van der Waals surface area contributed by atoms with Crippen LogP contribution in [0.4, 0.5) is 11.4 Å². The number of aromatic carboxylic acids is 1. The maximum absolute atomic E-state index is 10.9. The van der Waals surface area contributed by atoms with Gasteiger partial charge in [-0.3, -0.25) is 10.1 Å². The summed E-state index contributed by atoms with van der Waals surface area (Å²) in [7, 11) is 0. The highest BCUT2D eigenvalue weighted by Gasteiger charge is 2.18. The molecule has 0 aliphatic rings. The zero-order valence-corrected chi connectivity index (χ0v) is 9.98. The van der Waals surface area contributed by atoms with Gasteiger partial charge in [-0.05, 0) is 19.9 Å². The van der Waals surface area contributed by atoms with Crippen LogP contribution in [0, 0.1) is 28.9 Å². The summed E-state index contributed by atoms with van der Waals surface area (Å²) in [6.45, 7) is 3.54. The van der Waals surface area contributed by atoms with Crippen molar-refractivity contribution in [2.75, 3.05) is 11.9 Å². The van der Waals surface area contributed by atoms with Crippen molar-refractivity contribution in [3.63, 3.8) is 0 Å². The number of rotatable bonds is 4. The Labute approximate surface area is 104 Å². The Balaban J connectivity index is 3.25. The first-order valence-electron chi connectivity index (χ1n) is 5.13. The number of carboxylic acid groups (broad SMARTS) is 1. The summed E-state index contributed by atoms with van der Waals surface area (Å²) in [4.78, 5) is 21.1. The van der Waals surface area contributed by atoms with E-state index in [1.165, 1.54) is 6.07 Å². The predicted octanol–water partition coefficient (Wildman–Crippen LogP) is 2.04. The van der Waals surface area contributed by atoms with E-state index >= 15 is 0 Å². The molecule has 0 amide bonds. The third kappa shape index (κ3) is 2.98. The molecule has 0 aliphatic heterocycles. The molecular formula is C12H12N2O4. The van der Waals surface area contributed by atoms with E-state index < -0.39 is 10.9 Å². The molecule has 0 fully saturated rings. The van der Waals surface area contributed by atoms with Crippen LogP contribution in [0.2, 0.25) is 0 Å². The van der Waals surface area contributed by atoms with Crippen LogP contribution < -0.4 is 5.32 Å². The number of hydrogen-bond donors (Lipinski definition) is 2. The zero-order chi connectivity index (χ0) is 13.7. The predicted molar refractivity (Wildman–Crippen MR) is 66.7 cm³/mol. The number of anilines is 1. The molecule has 0 atom stereocenters. The Morgan fingerprint density at radius 1 is 1.56 bits per heavy atom. The minimum atomic E-state index is -1.21. The first-order valence-corrected chi connectivity index (χ1v) is 5.13. The van der Waals surface area contributed by atoms with Crippen molar-refractivity contribution >= 4 is 17.3 Å². The third-order valence-electron chi connectivity index (χ3n) is 2.37. The molecule has 0 aliphatic carbocycles. The normalized spacial score (nSPS) is 9.22. The van der Waals surface area contributed by atoms with Gasteiger partial charge in [-0.25, -0.2) is 4.79 Å². The second-order valence-electron chi connectivity index (χ2n) is 3.51. The minimum Gasteiger partial charge on any atom is -0.478 e. The standard InChI is InChI=1S/C12H12N2O4/c1-3-4-5-13-10-6-9(12(15)16)7-11(8(10)2)14(17)18/h6-7,13H,5H2,1-2H3,(H,15,16). The summed E-state index contributed by atoms with van der Waals surface area (Å²) in [6.07, 6.45) is 0. The summed E-state index contributed by atoms with van der Waals surface area (Å²) in [5, 5.41) is 22.6. The second kappa shape index (κ2) is 5.68. The minimum absolute atomic E-state index is 0.126. The summed E-state index contributed by atoms with van der Waals surface area (Å²) in [5.74, 6) is 4.21. The third-order valence-corrected chi connectivity index (χ3v) is 2.37. The fraction of sp³-hybridized carbons (Fsp3) is 0.250. The van der Waals surface area contributed by atoms with Crippen LogP contribution in [0.25, 0.3) is 0 Å². The van der Waals surface area contributed by atoms with Gasteiger partial charge in [-0.2, -0.15) is 0 Å². The van der Waals surface area contributed by atoms with Crippen molar-refractivity contribution in [2.24, 2.45) is 0 Å². The smallest absolute Gasteiger partial charge is 0.336 e. The van der Waals surface area contributed by atoms with E-state index in [1.54, 1.807) is 13.8 Å². The maximum atomic E-state index is 10.9. The number of nitro groups is 1. The van der Waals surface area contributed by atoms with Gasteiger partial charge in [-0.15, -0.1) is 5.92 Å². The topological polar surface area (TPSA) is 92.5 Å². The Hall–Kier alpha value is -2.55. The molecule has 1 aromatic rings. The molecule has 0 bridgehead atoms. The molecule has 0 spiro atoms. The molecule has 2 N–H and O–H groups in total. The number of nitrogens with one attached hydrogen (secondary N) is 1. The summed E-state index contributed by atoms with van der Waals surface area (Å²) in [5.41, 5.74) is 0.452. The molecular weight excluding hydrogens is 236 g/mol. The molecule has 0 unspecified atom stereocenters. The second-order valence-corrected chi connectivity index (χ2v) is 3.51. The lowest BCUT2D eigenvalue weighted by Gasteiger charge is -2.08. The van der Waals surface area contributed by atoms with Crippen LogP contribution >= 0.6 is 0 Å². The average molecular weight is 248 g/mol. The fourth-order valence-electron chi connectivity index (χ4n) is 1.42. The quantitative estimate of drug-likeness (QED) is 0.483. The average Bonchev–Trinajstić information content (AvgIpc) is 2.30. The lowest BCUT2D eigenvalue weighted by atomic mass is 10.1. The van der Waals surface area contributed by atoms with E-state index in [2.05, 4.69) is 17.2 Å². The Morgan fingerprint density at radius 2 is 2.22 bits per heavy atom. The molecule has 6 nitrogen and oxygen atoms in total. The highest BCUT2D eigenvalue weighted by molar-refractivity contribution is 5.90. The van der Waals surface area contributed by atoms with E-state index in [1.807, 2.05) is 0 Å². The monoisotopic (exact) mass is 248 g/mol. The molecule has 0 heterocycles. The molecule has 6 heteroatoms. The fourth-order valence-corrected chi connectivity index (χ4v) is 1.42. The van der Waals surface area contributed by atoms with Crippen LogP contribution in [-0.4, -0.2) is 22.5 Å². The summed E-state index contributed by atoms with van der Waals surface area (Å²) >= 11 is 0. The molecule has 0 radical (unpaired) electrons. The van der Waals surface area contributed by atoms with Gasteiger partial charge in [0.05, 0.1) is 17.0 Å². The van der Waals surface area contributed by atoms with Crippen molar-refractivity contribution in [3.05, 3.63) is 33.4 Å². The lowest BCUT2D eigenvalue weighted by Crippen LogP contribution is -2.06. The van der Waals surface area contributed by atoms with E-state index in [-0.39, 0.29) is 11.3 Å². The van der Waals surface area contributed by atoms with Crippen LogP contribution in [0.3, 0.4) is 0 Å². The van der Waals surface area contributed by atoms with Crippen LogP contribution in [0.15, 0.2) is 12.1 Å². The largest absolute Gasteiger partial charge is 0.478 e. The Morgan fingerprint density at radius 3 is 2.72 bits per heavy atom. The van der Waals surface area contributed by atoms with Crippen LogP contribution in [0.1, 0.15) is 22.8 Å². The summed E-state index contributed by atoms with van der Waals surface area (Å²) < 4.78 is 0. The highest BCUT2D eigenvalue weighted by Crippen LogP contribution is 2.27.